The molecular weight excluding hydrogens is 346 g/mol. The van der Waals surface area contributed by atoms with Crippen LogP contribution in [0.4, 0.5) is 0 Å². The number of likely N-dealkylation sites (tertiary alicyclic amines) is 1. The van der Waals surface area contributed by atoms with Gasteiger partial charge in [0, 0.05) is 45.2 Å². The fraction of sp³-hybridized carbons (Fsp3) is 0.737. The van der Waals surface area contributed by atoms with Gasteiger partial charge in [0.1, 0.15) is 5.69 Å². The van der Waals surface area contributed by atoms with E-state index in [2.05, 4.69) is 20.6 Å². The van der Waals surface area contributed by atoms with Crippen molar-refractivity contribution in [3.8, 4) is 0 Å². The first-order valence-corrected chi connectivity index (χ1v) is 9.90. The van der Waals surface area contributed by atoms with E-state index in [9.17, 15) is 9.59 Å². The normalized spacial score (nSPS) is 22.8. The lowest BCUT2D eigenvalue weighted by Crippen LogP contribution is -2.45. The van der Waals surface area contributed by atoms with Crippen LogP contribution in [0, 0.1) is 12.8 Å². The van der Waals surface area contributed by atoms with Crippen LogP contribution in [0.3, 0.4) is 0 Å². The second kappa shape index (κ2) is 8.84. The van der Waals surface area contributed by atoms with Gasteiger partial charge in [-0.25, -0.2) is 0 Å². The molecule has 0 bridgehead atoms. The number of carbonyl (C=O) groups excluding carboxylic acids is 2. The van der Waals surface area contributed by atoms with Crippen molar-refractivity contribution < 1.29 is 14.7 Å². The van der Waals surface area contributed by atoms with Crippen molar-refractivity contribution in [1.29, 1.82) is 0 Å². The molecule has 2 heterocycles. The lowest BCUT2D eigenvalue weighted by molar-refractivity contribution is -0.122. The van der Waals surface area contributed by atoms with Gasteiger partial charge in [-0.2, -0.15) is 5.10 Å². The highest BCUT2D eigenvalue weighted by atomic mass is 16.3. The zero-order valence-corrected chi connectivity index (χ0v) is 16.3. The van der Waals surface area contributed by atoms with Crippen LogP contribution in [0.1, 0.15) is 48.3 Å². The summed E-state index contributed by atoms with van der Waals surface area (Å²) in [5.74, 6) is 0.613. The Hall–Kier alpha value is -1.93. The summed E-state index contributed by atoms with van der Waals surface area (Å²) in [6.45, 7) is 3.73. The molecule has 1 aliphatic heterocycles. The summed E-state index contributed by atoms with van der Waals surface area (Å²) in [4.78, 5) is 27.0. The van der Waals surface area contributed by atoms with E-state index in [0.29, 0.717) is 25.2 Å². The Morgan fingerprint density at radius 2 is 1.96 bits per heavy atom. The molecule has 27 heavy (non-hydrogen) atoms. The number of rotatable bonds is 9. The van der Waals surface area contributed by atoms with E-state index in [0.717, 1.165) is 31.0 Å². The number of aromatic nitrogens is 2. The van der Waals surface area contributed by atoms with Gasteiger partial charge in [-0.3, -0.25) is 19.2 Å². The molecule has 1 saturated heterocycles. The molecule has 0 radical (unpaired) electrons. The van der Waals surface area contributed by atoms with Gasteiger partial charge in [-0.05, 0) is 44.6 Å². The van der Waals surface area contributed by atoms with Crippen LogP contribution in [0.2, 0.25) is 0 Å². The van der Waals surface area contributed by atoms with Gasteiger partial charge < -0.3 is 15.7 Å². The summed E-state index contributed by atoms with van der Waals surface area (Å²) in [5, 5.41) is 18.9. The van der Waals surface area contributed by atoms with Crippen molar-refractivity contribution >= 4 is 11.8 Å². The minimum absolute atomic E-state index is 0.00936. The summed E-state index contributed by atoms with van der Waals surface area (Å²) in [7, 11) is 1.78. The summed E-state index contributed by atoms with van der Waals surface area (Å²) < 4.78 is 1.61. The number of nitrogens with zero attached hydrogens (tertiary/aromatic N) is 3. The van der Waals surface area contributed by atoms with E-state index in [1.165, 1.54) is 12.8 Å². The van der Waals surface area contributed by atoms with E-state index in [1.807, 2.05) is 6.92 Å². The van der Waals surface area contributed by atoms with Crippen LogP contribution in [0.15, 0.2) is 6.07 Å². The number of hydrogen-bond donors (Lipinski definition) is 3. The zero-order chi connectivity index (χ0) is 19.4. The Kier molecular flexibility index (Phi) is 6.49. The fourth-order valence-electron chi connectivity index (χ4n) is 3.96. The quantitative estimate of drug-likeness (QED) is 0.571. The molecular formula is C19H31N5O3. The first-order chi connectivity index (χ1) is 13.0. The molecule has 0 aromatic carbocycles. The molecule has 0 spiro atoms. The maximum atomic E-state index is 12.5. The lowest BCUT2D eigenvalue weighted by Gasteiger charge is -2.30. The van der Waals surface area contributed by atoms with Gasteiger partial charge in [0.25, 0.3) is 5.91 Å². The molecule has 2 amide bonds. The van der Waals surface area contributed by atoms with E-state index < -0.39 is 0 Å². The Morgan fingerprint density at radius 3 is 2.59 bits per heavy atom. The molecule has 8 heteroatoms. The maximum absolute atomic E-state index is 12.5. The summed E-state index contributed by atoms with van der Waals surface area (Å²) in [6.07, 6.45) is 4.92. The minimum Gasteiger partial charge on any atom is -0.395 e. The number of hydrogen-bond acceptors (Lipinski definition) is 5. The van der Waals surface area contributed by atoms with Crippen LogP contribution in [0.5, 0.6) is 0 Å². The second-order valence-electron chi connectivity index (χ2n) is 7.81. The van der Waals surface area contributed by atoms with Gasteiger partial charge in [-0.15, -0.1) is 0 Å². The lowest BCUT2D eigenvalue weighted by atomic mass is 10.1. The van der Waals surface area contributed by atoms with Gasteiger partial charge in [0.15, 0.2) is 0 Å². The van der Waals surface area contributed by atoms with Crippen molar-refractivity contribution in [2.24, 2.45) is 13.0 Å². The zero-order valence-electron chi connectivity index (χ0n) is 16.3. The summed E-state index contributed by atoms with van der Waals surface area (Å²) >= 11 is 0. The molecule has 0 unspecified atom stereocenters. The monoisotopic (exact) mass is 377 g/mol. The first-order valence-electron chi connectivity index (χ1n) is 9.90. The molecule has 1 aromatic rings. The molecule has 2 atom stereocenters. The second-order valence-corrected chi connectivity index (χ2v) is 7.81. The van der Waals surface area contributed by atoms with Gasteiger partial charge >= 0.3 is 0 Å². The Labute approximate surface area is 160 Å². The Bertz CT molecular complexity index is 670. The van der Waals surface area contributed by atoms with Crippen LogP contribution in [-0.2, 0) is 11.8 Å². The molecule has 1 aromatic heterocycles. The predicted molar refractivity (Wildman–Crippen MR) is 101 cm³/mol. The third-order valence-corrected chi connectivity index (χ3v) is 5.52. The Morgan fingerprint density at radius 1 is 1.22 bits per heavy atom. The number of carbonyl (C=O) groups is 2. The SMILES string of the molecule is Cc1cc(C(=O)NC[C@@H]2CC[C@H](CC(=O)NCCO)N2CC2CC2)n(C)n1. The maximum Gasteiger partial charge on any atom is 0.269 e. The van der Waals surface area contributed by atoms with Crippen molar-refractivity contribution in [2.45, 2.75) is 51.1 Å². The molecule has 150 valence electrons. The van der Waals surface area contributed by atoms with Crippen molar-refractivity contribution in [3.63, 3.8) is 0 Å². The fourth-order valence-corrected chi connectivity index (χ4v) is 3.96. The Balaban J connectivity index is 1.56. The average molecular weight is 377 g/mol. The van der Waals surface area contributed by atoms with Gasteiger partial charge in [-0.1, -0.05) is 0 Å². The van der Waals surface area contributed by atoms with Gasteiger partial charge in [0.05, 0.1) is 12.3 Å². The van der Waals surface area contributed by atoms with Crippen LogP contribution in [0.25, 0.3) is 0 Å². The van der Waals surface area contributed by atoms with E-state index in [4.69, 9.17) is 5.11 Å². The molecule has 8 nitrogen and oxygen atoms in total. The third kappa shape index (κ3) is 5.29. The highest BCUT2D eigenvalue weighted by Crippen LogP contribution is 2.35. The highest BCUT2D eigenvalue weighted by molar-refractivity contribution is 5.92. The molecule has 3 rings (SSSR count). The average Bonchev–Trinajstić information content (AvgIpc) is 3.29. The first kappa shape index (κ1) is 19.8. The standard InChI is InChI=1S/C19H31N5O3/c1-13-9-17(23(2)22-13)19(27)21-11-16-6-5-15(10-18(26)20-7-8-25)24(16)12-14-3-4-14/h9,14-16,25H,3-8,10-12H2,1-2H3,(H,20,26)(H,21,27)/t15-,16+/m1/s1. The van der Waals surface area contributed by atoms with E-state index in [-0.39, 0.29) is 30.5 Å². The predicted octanol–water partition coefficient (Wildman–Crippen LogP) is 0.200. The van der Waals surface area contributed by atoms with Crippen LogP contribution in [-0.4, -0.2) is 69.9 Å². The molecule has 3 N–H and O–H groups in total. The van der Waals surface area contributed by atoms with Crippen molar-refractivity contribution in [2.75, 3.05) is 26.2 Å². The summed E-state index contributed by atoms with van der Waals surface area (Å²) in [6, 6.07) is 2.27. The minimum atomic E-state index is -0.103. The smallest absolute Gasteiger partial charge is 0.269 e. The van der Waals surface area contributed by atoms with Crippen LogP contribution >= 0.6 is 0 Å². The molecule has 1 aliphatic carbocycles. The number of amides is 2. The van der Waals surface area contributed by atoms with E-state index in [1.54, 1.807) is 17.8 Å². The summed E-state index contributed by atoms with van der Waals surface area (Å²) in [5.41, 5.74) is 1.40. The highest BCUT2D eigenvalue weighted by Gasteiger charge is 2.38. The van der Waals surface area contributed by atoms with Crippen molar-refractivity contribution in [3.05, 3.63) is 17.5 Å². The van der Waals surface area contributed by atoms with E-state index >= 15 is 0 Å². The molecule has 2 fully saturated rings. The molecule has 1 saturated carbocycles. The number of aryl methyl sites for hydroxylation is 2. The largest absolute Gasteiger partial charge is 0.395 e. The number of aliphatic hydroxyl groups excluding tert-OH is 1. The van der Waals surface area contributed by atoms with Crippen LogP contribution < -0.4 is 10.6 Å². The third-order valence-electron chi connectivity index (χ3n) is 5.52. The van der Waals surface area contributed by atoms with Gasteiger partial charge in [0.2, 0.25) is 5.91 Å². The number of aliphatic hydroxyl groups is 1. The van der Waals surface area contributed by atoms with Crippen molar-refractivity contribution in [1.82, 2.24) is 25.3 Å². The molecule has 2 aliphatic rings. The topological polar surface area (TPSA) is 99.5 Å². The number of nitrogens with one attached hydrogen (secondary N) is 2.